The highest BCUT2D eigenvalue weighted by atomic mass is 19.4. The zero-order valence-electron chi connectivity index (χ0n) is 21.1. The standard InChI is InChI=1S/C28H45F3O2/c1-16(2)20(28(29,30)31)7-6-17(3)21-8-9-22-19-15-25(33)24-14-18(32)10-12-27(24,5)23(19)11-13-26(21,22)4/h6-7,16-25,32-33H,8-15H2,1-5H3/b7-6+/t17-,18-,19+,20-,21-,22+,23+,24+,25+,26-,27-/m1/s1. The number of alkyl halides is 3. The summed E-state index contributed by atoms with van der Waals surface area (Å²) in [6, 6.07) is 0. The Morgan fingerprint density at radius 2 is 1.45 bits per heavy atom. The van der Waals surface area contributed by atoms with Crippen LogP contribution in [0, 0.1) is 58.2 Å². The Labute approximate surface area is 198 Å². The van der Waals surface area contributed by atoms with E-state index < -0.39 is 18.0 Å². The monoisotopic (exact) mass is 470 g/mol. The molecule has 0 amide bonds. The van der Waals surface area contributed by atoms with Crippen molar-refractivity contribution in [2.45, 2.75) is 104 Å². The fourth-order valence-electron chi connectivity index (χ4n) is 9.32. The number of fused-ring (bicyclic) bond motifs is 5. The number of hydrogen-bond donors (Lipinski definition) is 2. The van der Waals surface area contributed by atoms with Crippen molar-refractivity contribution in [3.05, 3.63) is 12.2 Å². The van der Waals surface area contributed by atoms with E-state index in [9.17, 15) is 23.4 Å². The van der Waals surface area contributed by atoms with Crippen molar-refractivity contribution in [1.82, 2.24) is 0 Å². The second kappa shape index (κ2) is 8.84. The molecule has 0 spiro atoms. The first-order chi connectivity index (χ1) is 15.3. The molecule has 11 atom stereocenters. The summed E-state index contributed by atoms with van der Waals surface area (Å²) in [6.07, 6.45) is 6.35. The number of rotatable bonds is 4. The van der Waals surface area contributed by atoms with E-state index in [0.29, 0.717) is 23.7 Å². The van der Waals surface area contributed by atoms with Gasteiger partial charge in [-0.15, -0.1) is 0 Å². The molecule has 4 aliphatic carbocycles. The van der Waals surface area contributed by atoms with Gasteiger partial charge in [-0.1, -0.05) is 46.8 Å². The Balaban J connectivity index is 1.53. The SMILES string of the molecule is CC(C)[C@@H](/C=C/[C@@H](C)[C@H]1CC[C@H]2[C@@H]3C[C@H](O)[C@@H]4C[C@H](O)CC[C@]4(C)[C@H]3CC[C@]12C)C(F)(F)F. The van der Waals surface area contributed by atoms with Crippen LogP contribution < -0.4 is 0 Å². The van der Waals surface area contributed by atoms with Gasteiger partial charge in [0, 0.05) is 0 Å². The fourth-order valence-corrected chi connectivity index (χ4v) is 9.32. The molecular weight excluding hydrogens is 425 g/mol. The molecule has 33 heavy (non-hydrogen) atoms. The van der Waals surface area contributed by atoms with Crippen molar-refractivity contribution in [2.75, 3.05) is 0 Å². The zero-order valence-corrected chi connectivity index (χ0v) is 21.1. The molecule has 2 N–H and O–H groups in total. The number of allylic oxidation sites excluding steroid dienone is 2. The molecule has 0 saturated heterocycles. The van der Waals surface area contributed by atoms with Gasteiger partial charge in [-0.3, -0.25) is 0 Å². The lowest BCUT2D eigenvalue weighted by atomic mass is 9.44. The number of aliphatic hydroxyl groups is 2. The van der Waals surface area contributed by atoms with Gasteiger partial charge in [-0.05, 0) is 104 Å². The largest absolute Gasteiger partial charge is 0.395 e. The van der Waals surface area contributed by atoms with Crippen LogP contribution in [0.3, 0.4) is 0 Å². The molecule has 0 aromatic heterocycles. The van der Waals surface area contributed by atoms with Crippen LogP contribution in [0.25, 0.3) is 0 Å². The Kier molecular flexibility index (Phi) is 6.84. The van der Waals surface area contributed by atoms with Gasteiger partial charge in [-0.2, -0.15) is 13.2 Å². The lowest BCUT2D eigenvalue weighted by Crippen LogP contribution is -2.58. The van der Waals surface area contributed by atoms with Crippen molar-refractivity contribution in [1.29, 1.82) is 0 Å². The van der Waals surface area contributed by atoms with Gasteiger partial charge >= 0.3 is 6.18 Å². The predicted molar refractivity (Wildman–Crippen MR) is 125 cm³/mol. The van der Waals surface area contributed by atoms with Crippen LogP contribution in [0.4, 0.5) is 13.2 Å². The quantitative estimate of drug-likeness (QED) is 0.434. The number of halogens is 3. The van der Waals surface area contributed by atoms with Crippen LogP contribution in [-0.2, 0) is 0 Å². The van der Waals surface area contributed by atoms with Gasteiger partial charge in [0.15, 0.2) is 0 Å². The predicted octanol–water partition coefficient (Wildman–Crippen LogP) is 7.00. The summed E-state index contributed by atoms with van der Waals surface area (Å²) in [5.74, 6) is 0.515. The number of aliphatic hydroxyl groups excluding tert-OH is 2. The molecular formula is C28H45F3O2. The van der Waals surface area contributed by atoms with E-state index in [0.717, 1.165) is 51.4 Å². The topological polar surface area (TPSA) is 40.5 Å². The van der Waals surface area contributed by atoms with Gasteiger partial charge in [0.05, 0.1) is 18.1 Å². The summed E-state index contributed by atoms with van der Waals surface area (Å²) in [5, 5.41) is 21.4. The Bertz CT molecular complexity index is 733. The highest BCUT2D eigenvalue weighted by Crippen LogP contribution is 2.68. The molecule has 4 fully saturated rings. The van der Waals surface area contributed by atoms with E-state index in [1.807, 2.05) is 6.08 Å². The summed E-state index contributed by atoms with van der Waals surface area (Å²) in [4.78, 5) is 0. The van der Waals surface area contributed by atoms with E-state index in [2.05, 4.69) is 20.8 Å². The minimum atomic E-state index is -4.19. The Morgan fingerprint density at radius 1 is 0.818 bits per heavy atom. The van der Waals surface area contributed by atoms with Crippen LogP contribution in [0.15, 0.2) is 12.2 Å². The lowest BCUT2D eigenvalue weighted by molar-refractivity contribution is -0.172. The molecule has 0 bridgehead atoms. The summed E-state index contributed by atoms with van der Waals surface area (Å²) in [5.41, 5.74) is 0.233. The van der Waals surface area contributed by atoms with Gasteiger partial charge in [-0.25, -0.2) is 0 Å². The first-order valence-electron chi connectivity index (χ1n) is 13.4. The first-order valence-corrected chi connectivity index (χ1v) is 13.4. The van der Waals surface area contributed by atoms with Crippen molar-refractivity contribution < 1.29 is 23.4 Å². The Morgan fingerprint density at radius 3 is 2.09 bits per heavy atom. The highest BCUT2D eigenvalue weighted by molar-refractivity contribution is 5.13. The van der Waals surface area contributed by atoms with Crippen LogP contribution in [0.1, 0.15) is 86.0 Å². The van der Waals surface area contributed by atoms with Crippen molar-refractivity contribution in [3.63, 3.8) is 0 Å². The summed E-state index contributed by atoms with van der Waals surface area (Å²) >= 11 is 0. The van der Waals surface area contributed by atoms with Crippen LogP contribution >= 0.6 is 0 Å². The first kappa shape index (κ1) is 25.5. The molecule has 0 unspecified atom stereocenters. The molecule has 0 aliphatic heterocycles. The molecule has 5 heteroatoms. The second-order valence-corrected chi connectivity index (χ2v) is 13.0. The van der Waals surface area contributed by atoms with Crippen molar-refractivity contribution in [3.8, 4) is 0 Å². The average molecular weight is 471 g/mol. The van der Waals surface area contributed by atoms with E-state index in [-0.39, 0.29) is 34.9 Å². The fraction of sp³-hybridized carbons (Fsp3) is 0.929. The van der Waals surface area contributed by atoms with E-state index in [1.54, 1.807) is 13.8 Å². The zero-order chi connectivity index (χ0) is 24.3. The summed E-state index contributed by atoms with van der Waals surface area (Å²) in [6.45, 7) is 10.2. The molecule has 0 radical (unpaired) electrons. The van der Waals surface area contributed by atoms with Gasteiger partial charge < -0.3 is 10.2 Å². The summed E-state index contributed by atoms with van der Waals surface area (Å²) in [7, 11) is 0. The van der Waals surface area contributed by atoms with Crippen LogP contribution in [-0.4, -0.2) is 28.6 Å². The minimum Gasteiger partial charge on any atom is -0.393 e. The van der Waals surface area contributed by atoms with E-state index >= 15 is 0 Å². The molecule has 2 nitrogen and oxygen atoms in total. The highest BCUT2D eigenvalue weighted by Gasteiger charge is 2.62. The normalized spacial score (nSPS) is 47.8. The third kappa shape index (κ3) is 4.32. The van der Waals surface area contributed by atoms with Gasteiger partial charge in [0.25, 0.3) is 0 Å². The lowest BCUT2D eigenvalue weighted by Gasteiger charge is -2.62. The maximum atomic E-state index is 13.5. The third-order valence-corrected chi connectivity index (χ3v) is 11.1. The summed E-state index contributed by atoms with van der Waals surface area (Å²) < 4.78 is 40.4. The van der Waals surface area contributed by atoms with Crippen molar-refractivity contribution >= 4 is 0 Å². The molecule has 4 rings (SSSR count). The number of hydrogen-bond acceptors (Lipinski definition) is 2. The van der Waals surface area contributed by atoms with Crippen LogP contribution in [0.5, 0.6) is 0 Å². The average Bonchev–Trinajstić information content (AvgIpc) is 3.05. The molecule has 0 heterocycles. The molecule has 0 aromatic rings. The maximum absolute atomic E-state index is 13.5. The van der Waals surface area contributed by atoms with Crippen molar-refractivity contribution in [2.24, 2.45) is 58.2 Å². The maximum Gasteiger partial charge on any atom is 0.395 e. The molecule has 190 valence electrons. The van der Waals surface area contributed by atoms with Gasteiger partial charge in [0.2, 0.25) is 0 Å². The van der Waals surface area contributed by atoms with E-state index in [1.165, 1.54) is 6.08 Å². The molecule has 4 saturated carbocycles. The molecule has 0 aromatic carbocycles. The minimum absolute atomic E-state index is 0.101. The second-order valence-electron chi connectivity index (χ2n) is 13.0. The molecule has 4 aliphatic rings. The van der Waals surface area contributed by atoms with E-state index in [4.69, 9.17) is 0 Å². The van der Waals surface area contributed by atoms with Gasteiger partial charge in [0.1, 0.15) is 0 Å². The third-order valence-electron chi connectivity index (χ3n) is 11.1. The van der Waals surface area contributed by atoms with Crippen LogP contribution in [0.2, 0.25) is 0 Å². The smallest absolute Gasteiger partial charge is 0.393 e. The Hall–Kier alpha value is -0.550.